The Hall–Kier alpha value is -3.02. The van der Waals surface area contributed by atoms with Crippen molar-refractivity contribution in [1.29, 1.82) is 0 Å². The lowest BCUT2D eigenvalue weighted by Crippen LogP contribution is -2.14. The summed E-state index contributed by atoms with van der Waals surface area (Å²) >= 11 is 0. The summed E-state index contributed by atoms with van der Waals surface area (Å²) in [6.45, 7) is 0. The number of esters is 1. The lowest BCUT2D eigenvalue weighted by atomic mass is 9.90. The van der Waals surface area contributed by atoms with Crippen LogP contribution < -0.4 is 0 Å². The van der Waals surface area contributed by atoms with Crippen molar-refractivity contribution in [2.24, 2.45) is 5.92 Å². The summed E-state index contributed by atoms with van der Waals surface area (Å²) in [6.07, 6.45) is 10.4. The van der Waals surface area contributed by atoms with Gasteiger partial charge >= 0.3 is 5.97 Å². The maximum atomic E-state index is 12.4. The van der Waals surface area contributed by atoms with Crippen LogP contribution in [0.3, 0.4) is 0 Å². The predicted molar refractivity (Wildman–Crippen MR) is 81.6 cm³/mol. The van der Waals surface area contributed by atoms with E-state index in [0.29, 0.717) is 17.9 Å². The molecule has 1 aliphatic rings. The molecular formula is C17H14N2O4. The third kappa shape index (κ3) is 3.11. The highest BCUT2D eigenvalue weighted by Gasteiger charge is 2.21. The fourth-order valence-corrected chi connectivity index (χ4v) is 2.30. The number of oxazole rings is 1. The van der Waals surface area contributed by atoms with Crippen LogP contribution in [-0.2, 0) is 4.74 Å². The number of allylic oxidation sites excluding steroid dienone is 4. The molecule has 6 heteroatoms. The molecule has 1 unspecified atom stereocenters. The molecule has 0 aliphatic heterocycles. The van der Waals surface area contributed by atoms with Gasteiger partial charge in [-0.15, -0.1) is 0 Å². The maximum absolute atomic E-state index is 12.4. The molecule has 0 amide bonds. The van der Waals surface area contributed by atoms with E-state index >= 15 is 0 Å². The number of aromatic nitrogens is 2. The summed E-state index contributed by atoms with van der Waals surface area (Å²) in [4.78, 5) is 31.8. The first-order valence-corrected chi connectivity index (χ1v) is 7.06. The molecule has 116 valence electrons. The van der Waals surface area contributed by atoms with Crippen LogP contribution >= 0.6 is 0 Å². The summed E-state index contributed by atoms with van der Waals surface area (Å²) in [5.41, 5.74) is 1.43. The zero-order valence-corrected chi connectivity index (χ0v) is 12.4. The lowest BCUT2D eigenvalue weighted by Gasteiger charge is -2.13. The quantitative estimate of drug-likeness (QED) is 0.638. The van der Waals surface area contributed by atoms with Crippen LogP contribution in [0.1, 0.15) is 33.2 Å². The third-order valence-corrected chi connectivity index (χ3v) is 3.53. The van der Waals surface area contributed by atoms with Crippen LogP contribution in [0, 0.1) is 5.92 Å². The molecule has 2 aromatic heterocycles. The van der Waals surface area contributed by atoms with Crippen LogP contribution in [-0.4, -0.2) is 28.8 Å². The summed E-state index contributed by atoms with van der Waals surface area (Å²) in [5, 5.41) is 0. The van der Waals surface area contributed by atoms with Crippen LogP contribution in [0.25, 0.3) is 5.57 Å². The van der Waals surface area contributed by atoms with E-state index in [9.17, 15) is 9.59 Å². The van der Waals surface area contributed by atoms with Crippen molar-refractivity contribution in [1.82, 2.24) is 9.97 Å². The molecule has 0 saturated carbocycles. The van der Waals surface area contributed by atoms with Crippen molar-refractivity contribution < 1.29 is 18.7 Å². The predicted octanol–water partition coefficient (Wildman–Crippen LogP) is 2.70. The molecule has 2 aromatic rings. The van der Waals surface area contributed by atoms with E-state index < -0.39 is 5.97 Å². The Labute approximate surface area is 132 Å². The Morgan fingerprint density at radius 3 is 2.91 bits per heavy atom. The molecule has 2 heterocycles. The standard InChI is InChI=1S/C17H14N2O4/c1-22-17(21)14-10-23-16(19-14)12-6-4-11(5-7-12)15(20)13-3-2-8-18-9-13/h2-4,6-11H,5H2,1H3. The minimum atomic E-state index is -0.551. The van der Waals surface area contributed by atoms with Crippen LogP contribution in [0.5, 0.6) is 0 Å². The van der Waals surface area contributed by atoms with E-state index in [2.05, 4.69) is 14.7 Å². The van der Waals surface area contributed by atoms with E-state index in [1.165, 1.54) is 13.4 Å². The van der Waals surface area contributed by atoms with Crippen molar-refractivity contribution in [3.05, 3.63) is 66.2 Å². The molecule has 0 spiro atoms. The fraction of sp³-hybridized carbons (Fsp3) is 0.176. The third-order valence-electron chi connectivity index (χ3n) is 3.53. The van der Waals surface area contributed by atoms with E-state index in [4.69, 9.17) is 4.42 Å². The highest BCUT2D eigenvalue weighted by molar-refractivity contribution is 5.99. The van der Waals surface area contributed by atoms with Gasteiger partial charge in [0.15, 0.2) is 11.5 Å². The number of methoxy groups -OCH3 is 1. The summed E-state index contributed by atoms with van der Waals surface area (Å²) in [5.74, 6) is -0.441. The zero-order chi connectivity index (χ0) is 16.2. The summed E-state index contributed by atoms with van der Waals surface area (Å²) in [7, 11) is 1.28. The molecule has 6 nitrogen and oxygen atoms in total. The van der Waals surface area contributed by atoms with Crippen molar-refractivity contribution in [3.8, 4) is 0 Å². The average Bonchev–Trinajstić information content (AvgIpc) is 3.11. The Kier molecular flexibility index (Phi) is 4.14. The second-order valence-electron chi connectivity index (χ2n) is 5.00. The minimum Gasteiger partial charge on any atom is -0.464 e. The number of ether oxygens (including phenoxy) is 1. The number of pyridine rings is 1. The first-order valence-electron chi connectivity index (χ1n) is 7.06. The lowest BCUT2D eigenvalue weighted by molar-refractivity contribution is 0.0594. The van der Waals surface area contributed by atoms with Gasteiger partial charge in [0.05, 0.1) is 7.11 Å². The van der Waals surface area contributed by atoms with Gasteiger partial charge < -0.3 is 9.15 Å². The summed E-state index contributed by atoms with van der Waals surface area (Å²) < 4.78 is 9.87. The number of hydrogen-bond acceptors (Lipinski definition) is 6. The summed E-state index contributed by atoms with van der Waals surface area (Å²) in [6, 6.07) is 3.49. The van der Waals surface area contributed by atoms with Crippen LogP contribution in [0.15, 0.2) is 53.4 Å². The highest BCUT2D eigenvalue weighted by atomic mass is 16.5. The van der Waals surface area contributed by atoms with E-state index in [0.717, 1.165) is 5.57 Å². The SMILES string of the molecule is COC(=O)c1coc(C2=CCC(C(=O)c3cccnc3)C=C2)n1. The fourth-order valence-electron chi connectivity index (χ4n) is 2.30. The van der Waals surface area contributed by atoms with Crippen LogP contribution in [0.4, 0.5) is 0 Å². The molecule has 0 fully saturated rings. The molecule has 0 aromatic carbocycles. The van der Waals surface area contributed by atoms with Gasteiger partial charge in [0.1, 0.15) is 6.26 Å². The molecule has 0 N–H and O–H groups in total. The molecule has 0 radical (unpaired) electrons. The molecular weight excluding hydrogens is 296 g/mol. The number of carbonyl (C=O) groups is 2. The number of ketones is 1. The molecule has 0 saturated heterocycles. The first-order chi connectivity index (χ1) is 11.2. The van der Waals surface area contributed by atoms with Gasteiger partial charge in [-0.2, -0.15) is 0 Å². The average molecular weight is 310 g/mol. The Bertz CT molecular complexity index is 790. The van der Waals surface area contributed by atoms with Crippen molar-refractivity contribution in [2.75, 3.05) is 7.11 Å². The largest absolute Gasteiger partial charge is 0.464 e. The smallest absolute Gasteiger partial charge is 0.360 e. The van der Waals surface area contributed by atoms with Gasteiger partial charge in [-0.3, -0.25) is 9.78 Å². The van der Waals surface area contributed by atoms with E-state index in [1.807, 2.05) is 12.2 Å². The molecule has 1 aliphatic carbocycles. The van der Waals surface area contributed by atoms with Crippen molar-refractivity contribution in [2.45, 2.75) is 6.42 Å². The number of rotatable bonds is 4. The van der Waals surface area contributed by atoms with Gasteiger partial charge in [-0.1, -0.05) is 18.2 Å². The normalized spacial score (nSPS) is 16.7. The van der Waals surface area contributed by atoms with Crippen molar-refractivity contribution >= 4 is 17.3 Å². The van der Waals surface area contributed by atoms with Gasteiger partial charge in [-0.25, -0.2) is 9.78 Å². The monoisotopic (exact) mass is 310 g/mol. The Morgan fingerprint density at radius 1 is 1.39 bits per heavy atom. The van der Waals surface area contributed by atoms with Gasteiger partial charge in [0.25, 0.3) is 0 Å². The van der Waals surface area contributed by atoms with Gasteiger partial charge in [0, 0.05) is 29.4 Å². The maximum Gasteiger partial charge on any atom is 0.360 e. The molecule has 23 heavy (non-hydrogen) atoms. The second kappa shape index (κ2) is 6.39. The van der Waals surface area contributed by atoms with Gasteiger partial charge in [0.2, 0.25) is 5.89 Å². The van der Waals surface area contributed by atoms with Crippen LogP contribution in [0.2, 0.25) is 0 Å². The second-order valence-corrected chi connectivity index (χ2v) is 5.00. The number of carbonyl (C=O) groups excluding carboxylic acids is 2. The van der Waals surface area contributed by atoms with Gasteiger partial charge in [-0.05, 0) is 18.6 Å². The Morgan fingerprint density at radius 2 is 2.26 bits per heavy atom. The molecule has 0 bridgehead atoms. The number of Topliss-reactive ketones (excluding diaryl/α,β-unsaturated/α-hetero) is 1. The van der Waals surface area contributed by atoms with E-state index in [1.54, 1.807) is 30.6 Å². The first kappa shape index (κ1) is 14.9. The van der Waals surface area contributed by atoms with Crippen molar-refractivity contribution in [3.63, 3.8) is 0 Å². The molecule has 1 atom stereocenters. The number of nitrogens with zero attached hydrogens (tertiary/aromatic N) is 2. The van der Waals surface area contributed by atoms with E-state index in [-0.39, 0.29) is 17.4 Å². The topological polar surface area (TPSA) is 82.3 Å². The number of hydrogen-bond donors (Lipinski definition) is 0. The highest BCUT2D eigenvalue weighted by Crippen LogP contribution is 2.26. The molecule has 3 rings (SSSR count). The Balaban J connectivity index is 1.72. The zero-order valence-electron chi connectivity index (χ0n) is 12.4. The minimum absolute atomic E-state index is 0.0207.